The normalized spacial score (nSPS) is 14.9. The van der Waals surface area contributed by atoms with Crippen molar-refractivity contribution in [2.75, 3.05) is 39.6 Å². The Morgan fingerprint density at radius 3 is 0.923 bits per heavy atom. The number of carbonyl (C=O) groups excluding carboxylic acids is 3. The van der Waals surface area contributed by atoms with Crippen molar-refractivity contribution in [1.82, 2.24) is 0 Å². The molecule has 0 saturated heterocycles. The molecule has 0 aromatic carbocycles. The van der Waals surface area contributed by atoms with Crippen LogP contribution in [0.2, 0.25) is 0 Å². The molecule has 0 aliphatic heterocycles. The zero-order valence-electron chi connectivity index (χ0n) is 56.5. The van der Waals surface area contributed by atoms with Crippen LogP contribution in [-0.2, 0) is 55.8 Å². The lowest BCUT2D eigenvalue weighted by atomic mass is 10.1. The van der Waals surface area contributed by atoms with Gasteiger partial charge in [0.15, 0.2) is 6.10 Å². The van der Waals surface area contributed by atoms with E-state index in [0.29, 0.717) is 19.3 Å². The predicted molar refractivity (Wildman–Crippen MR) is 371 cm³/mol. The number of hydrogen-bond donors (Lipinski definition) is 4. The van der Waals surface area contributed by atoms with Gasteiger partial charge in [0.2, 0.25) is 0 Å². The van der Waals surface area contributed by atoms with E-state index in [4.69, 9.17) is 32.3 Å². The maximum absolute atomic E-state index is 12.9. The van der Waals surface area contributed by atoms with Gasteiger partial charge in [-0.05, 0) is 128 Å². The molecule has 0 heterocycles. The van der Waals surface area contributed by atoms with Crippen LogP contribution >= 0.6 is 15.6 Å². The van der Waals surface area contributed by atoms with Gasteiger partial charge in [-0.25, -0.2) is 9.13 Å². The molecule has 0 amide bonds. The molecule has 0 rings (SSSR count). The van der Waals surface area contributed by atoms with Crippen molar-refractivity contribution in [2.45, 2.75) is 283 Å². The highest BCUT2D eigenvalue weighted by molar-refractivity contribution is 7.47. The molecule has 0 fully saturated rings. The fourth-order valence-electron chi connectivity index (χ4n) is 8.88. The molecule has 4 N–H and O–H groups in total. The van der Waals surface area contributed by atoms with E-state index in [0.717, 1.165) is 180 Å². The Balaban J connectivity index is 4.64. The molecule has 0 spiro atoms. The van der Waals surface area contributed by atoms with Crippen LogP contribution in [0.5, 0.6) is 0 Å². The number of phosphoric acid groups is 2. The third-order valence-electron chi connectivity index (χ3n) is 14.2. The molecule has 91 heavy (non-hydrogen) atoms. The van der Waals surface area contributed by atoms with Crippen LogP contribution in [0, 0.1) is 0 Å². The van der Waals surface area contributed by atoms with Gasteiger partial charge in [-0.2, -0.15) is 0 Å². The minimum atomic E-state index is -4.93. The van der Waals surface area contributed by atoms with Crippen LogP contribution in [0.3, 0.4) is 0 Å². The van der Waals surface area contributed by atoms with Crippen molar-refractivity contribution in [2.24, 2.45) is 0 Å². The quantitative estimate of drug-likeness (QED) is 0.0146. The van der Waals surface area contributed by atoms with E-state index in [-0.39, 0.29) is 19.3 Å². The summed E-state index contributed by atoms with van der Waals surface area (Å²) >= 11 is 0. The lowest BCUT2D eigenvalue weighted by Crippen LogP contribution is -2.30. The summed E-state index contributed by atoms with van der Waals surface area (Å²) in [5.41, 5.74) is 0. The number of aliphatic hydroxyl groups is 2. The maximum Gasteiger partial charge on any atom is 0.472 e. The number of phosphoric ester groups is 2. The summed E-state index contributed by atoms with van der Waals surface area (Å²) in [6.45, 7) is 2.37. The lowest BCUT2D eigenvalue weighted by Gasteiger charge is -2.21. The van der Waals surface area contributed by atoms with E-state index >= 15 is 0 Å². The van der Waals surface area contributed by atoms with E-state index in [1.807, 2.05) is 0 Å². The number of hydrogen-bond acceptors (Lipinski definition) is 14. The molecule has 0 aromatic rings. The average molecular weight is 1320 g/mol. The topological polar surface area (TPSA) is 231 Å². The SMILES string of the molecule is CC/C=C\C/C=C\C/C=C\CCCCCCCCCC(=O)OCC(COP(=O)(O)OCC(O)COP(=O)(O)OCC(O)COC(=O)CCCCCCCCC/C=C\C/C=C\C/C=C\C/C=C\CCCCC)OC(=O)CCCCCCC/C=C\C/C=C\C/C=C\CC. The Hall–Kier alpha value is -4.05. The van der Waals surface area contributed by atoms with Gasteiger partial charge in [-0.15, -0.1) is 0 Å². The number of unbranched alkanes of at least 4 members (excludes halogenated alkanes) is 22. The van der Waals surface area contributed by atoms with Gasteiger partial charge in [0, 0.05) is 19.3 Å². The number of allylic oxidation sites excluding steroid dienone is 20. The number of carbonyl (C=O) groups is 3. The minimum Gasteiger partial charge on any atom is -0.463 e. The summed E-state index contributed by atoms with van der Waals surface area (Å²) in [6, 6.07) is 0. The number of esters is 3. The van der Waals surface area contributed by atoms with E-state index in [1.54, 1.807) is 0 Å². The Morgan fingerprint density at radius 2 is 0.582 bits per heavy atom. The van der Waals surface area contributed by atoms with Gasteiger partial charge < -0.3 is 34.2 Å². The summed E-state index contributed by atoms with van der Waals surface area (Å²) in [6.07, 6.45) is 75.3. The smallest absolute Gasteiger partial charge is 0.463 e. The molecule has 16 nitrogen and oxygen atoms in total. The first-order valence-corrected chi connectivity index (χ1v) is 37.8. The summed E-state index contributed by atoms with van der Waals surface area (Å²) in [7, 11) is -9.79. The Kier molecular flexibility index (Phi) is 63.1. The molecule has 522 valence electrons. The van der Waals surface area contributed by atoms with Crippen molar-refractivity contribution in [3.8, 4) is 0 Å². The average Bonchev–Trinajstić information content (AvgIpc) is 3.27. The van der Waals surface area contributed by atoms with E-state index in [2.05, 4.69) is 142 Å². The Bertz CT molecular complexity index is 2140. The van der Waals surface area contributed by atoms with Crippen molar-refractivity contribution in [3.63, 3.8) is 0 Å². The summed E-state index contributed by atoms with van der Waals surface area (Å²) < 4.78 is 60.9. The number of aliphatic hydroxyl groups excluding tert-OH is 2. The van der Waals surface area contributed by atoms with Crippen LogP contribution in [0.1, 0.15) is 265 Å². The number of rotatable bonds is 65. The standard InChI is InChI=1S/C73H124O16P2/c1-4-7-10-13-16-19-22-25-28-30-31-32-33-34-35-37-40-41-44-47-50-53-56-59-71(76)83-62-68(74)63-85-90(79,80)86-64-69(75)65-87-91(81,82)88-67-70(89-73(78)61-58-55-52-49-46-43-38-27-24-21-18-15-12-9-6-3)66-84-72(77)60-57-54-51-48-45-42-39-36-29-26-23-20-17-14-11-8-5-2/h8-9,11-12,16-21,25-29,31-32,34-35,38,68-70,74-75H,4-7,10,13-15,22-24,30,33,36-37,39-67H2,1-3H3,(H,79,80)(H,81,82)/b11-8-,12-9-,19-16-,20-17-,21-18-,28-25-,29-26-,32-31-,35-34-,38-27-. The maximum atomic E-state index is 12.9. The Labute approximate surface area is 551 Å². The number of ether oxygens (including phenoxy) is 3. The van der Waals surface area contributed by atoms with Gasteiger partial charge in [0.1, 0.15) is 25.4 Å². The first-order chi connectivity index (χ1) is 44.2. The molecule has 0 aliphatic carbocycles. The summed E-state index contributed by atoms with van der Waals surface area (Å²) in [4.78, 5) is 58.4. The van der Waals surface area contributed by atoms with Crippen molar-refractivity contribution in [1.29, 1.82) is 0 Å². The zero-order valence-corrected chi connectivity index (χ0v) is 58.3. The molecule has 0 bridgehead atoms. The van der Waals surface area contributed by atoms with Gasteiger partial charge in [0.05, 0.1) is 26.4 Å². The van der Waals surface area contributed by atoms with Crippen LogP contribution in [0.4, 0.5) is 0 Å². The van der Waals surface area contributed by atoms with E-state index in [1.165, 1.54) is 25.7 Å². The summed E-state index contributed by atoms with van der Waals surface area (Å²) in [5.74, 6) is -1.62. The highest BCUT2D eigenvalue weighted by Crippen LogP contribution is 2.45. The highest BCUT2D eigenvalue weighted by atomic mass is 31.2. The third-order valence-corrected chi connectivity index (χ3v) is 16.1. The van der Waals surface area contributed by atoms with Crippen molar-refractivity contribution in [3.05, 3.63) is 122 Å². The highest BCUT2D eigenvalue weighted by Gasteiger charge is 2.29. The molecule has 0 saturated carbocycles. The first kappa shape index (κ1) is 87.0. The minimum absolute atomic E-state index is 0.0797. The monoisotopic (exact) mass is 1320 g/mol. The van der Waals surface area contributed by atoms with Gasteiger partial charge in [-0.3, -0.25) is 32.5 Å². The predicted octanol–water partition coefficient (Wildman–Crippen LogP) is 19.4. The molecular weight excluding hydrogens is 1190 g/mol. The van der Waals surface area contributed by atoms with Gasteiger partial charge >= 0.3 is 33.6 Å². The summed E-state index contributed by atoms with van der Waals surface area (Å²) in [5, 5.41) is 20.6. The molecule has 0 aromatic heterocycles. The Morgan fingerprint density at radius 1 is 0.319 bits per heavy atom. The second-order valence-corrected chi connectivity index (χ2v) is 25.8. The van der Waals surface area contributed by atoms with Crippen LogP contribution in [-0.4, -0.2) is 95.9 Å². The van der Waals surface area contributed by atoms with Crippen LogP contribution in [0.25, 0.3) is 0 Å². The lowest BCUT2D eigenvalue weighted by molar-refractivity contribution is -0.161. The fourth-order valence-corrected chi connectivity index (χ4v) is 10.5. The second kappa shape index (κ2) is 66.0. The largest absolute Gasteiger partial charge is 0.472 e. The van der Waals surface area contributed by atoms with Crippen LogP contribution in [0.15, 0.2) is 122 Å². The molecular formula is C73H124O16P2. The molecule has 5 unspecified atom stereocenters. The van der Waals surface area contributed by atoms with E-state index < -0.39 is 91.5 Å². The molecule has 18 heteroatoms. The van der Waals surface area contributed by atoms with Crippen molar-refractivity contribution < 1.29 is 75.8 Å². The van der Waals surface area contributed by atoms with Gasteiger partial charge in [0.25, 0.3) is 0 Å². The van der Waals surface area contributed by atoms with Gasteiger partial charge in [-0.1, -0.05) is 239 Å². The van der Waals surface area contributed by atoms with Crippen LogP contribution < -0.4 is 0 Å². The van der Waals surface area contributed by atoms with Crippen molar-refractivity contribution >= 4 is 33.6 Å². The third kappa shape index (κ3) is 67.2. The second-order valence-electron chi connectivity index (χ2n) is 22.9. The fraction of sp³-hybridized carbons (Fsp3) is 0.685. The molecule has 0 radical (unpaired) electrons. The molecule has 0 aliphatic rings. The van der Waals surface area contributed by atoms with E-state index in [9.17, 15) is 43.5 Å². The first-order valence-electron chi connectivity index (χ1n) is 34.8. The zero-order chi connectivity index (χ0) is 66.7. The molecule has 5 atom stereocenters.